The lowest BCUT2D eigenvalue weighted by Gasteiger charge is -2.31. The molecule has 0 spiro atoms. The second-order valence-corrected chi connectivity index (χ2v) is 7.19. The van der Waals surface area contributed by atoms with Crippen molar-refractivity contribution in [3.05, 3.63) is 41.7 Å². The number of piperidine rings is 1. The number of carbonyl (C=O) groups is 1. The molecule has 0 saturated carbocycles. The summed E-state index contributed by atoms with van der Waals surface area (Å²) in [6.45, 7) is 3.24. The van der Waals surface area contributed by atoms with Crippen LogP contribution in [-0.2, 0) is 11.2 Å². The standard InChI is InChI=1S/C23H29N3O5/c1-5-16-13-24-23(25-14-16)31-18-7-6-10-26(15-18)21(27)9-8-17-11-19(28-2)22(30-4)20(12-17)29-3/h8-9,11-14,18H,5-7,10,15H2,1-4H3/b9-8+. The molecule has 0 bridgehead atoms. The van der Waals surface area contributed by atoms with Crippen LogP contribution < -0.4 is 18.9 Å². The minimum Gasteiger partial charge on any atom is -0.493 e. The van der Waals surface area contributed by atoms with E-state index in [0.717, 1.165) is 30.4 Å². The molecule has 8 nitrogen and oxygen atoms in total. The molecule has 2 aromatic rings. The summed E-state index contributed by atoms with van der Waals surface area (Å²) < 4.78 is 22.0. The van der Waals surface area contributed by atoms with Gasteiger partial charge in [0.15, 0.2) is 11.5 Å². The monoisotopic (exact) mass is 427 g/mol. The Labute approximate surface area is 182 Å². The highest BCUT2D eigenvalue weighted by Gasteiger charge is 2.24. The Bertz CT molecular complexity index is 889. The van der Waals surface area contributed by atoms with E-state index in [9.17, 15) is 4.79 Å². The molecule has 2 heterocycles. The van der Waals surface area contributed by atoms with Crippen LogP contribution in [0.4, 0.5) is 0 Å². The molecule has 31 heavy (non-hydrogen) atoms. The van der Waals surface area contributed by atoms with Crippen LogP contribution in [0.2, 0.25) is 0 Å². The fourth-order valence-electron chi connectivity index (χ4n) is 3.44. The molecule has 3 rings (SSSR count). The van der Waals surface area contributed by atoms with Crippen LogP contribution in [0.25, 0.3) is 6.08 Å². The first-order valence-corrected chi connectivity index (χ1v) is 10.3. The van der Waals surface area contributed by atoms with Crippen LogP contribution in [0.5, 0.6) is 23.3 Å². The smallest absolute Gasteiger partial charge is 0.316 e. The fraction of sp³-hybridized carbons (Fsp3) is 0.435. The lowest BCUT2D eigenvalue weighted by atomic mass is 10.1. The molecule has 1 fully saturated rings. The Morgan fingerprint density at radius 2 is 1.81 bits per heavy atom. The van der Waals surface area contributed by atoms with Gasteiger partial charge in [-0.05, 0) is 48.6 Å². The molecule has 1 aromatic heterocycles. The molecule has 0 N–H and O–H groups in total. The zero-order chi connectivity index (χ0) is 22.2. The minimum absolute atomic E-state index is 0.0794. The summed E-state index contributed by atoms with van der Waals surface area (Å²) in [7, 11) is 4.67. The van der Waals surface area contributed by atoms with E-state index in [1.54, 1.807) is 62.9 Å². The number of aryl methyl sites for hydroxylation is 1. The van der Waals surface area contributed by atoms with Gasteiger partial charge in [0.2, 0.25) is 11.7 Å². The van der Waals surface area contributed by atoms with E-state index >= 15 is 0 Å². The van der Waals surface area contributed by atoms with Gasteiger partial charge < -0.3 is 23.8 Å². The molecule has 1 saturated heterocycles. The molecule has 1 aliphatic heterocycles. The van der Waals surface area contributed by atoms with Gasteiger partial charge in [-0.15, -0.1) is 0 Å². The fourth-order valence-corrected chi connectivity index (χ4v) is 3.44. The molecule has 1 amide bonds. The van der Waals surface area contributed by atoms with Crippen LogP contribution in [0.3, 0.4) is 0 Å². The van der Waals surface area contributed by atoms with Crippen molar-refractivity contribution in [3.63, 3.8) is 0 Å². The van der Waals surface area contributed by atoms with Crippen molar-refractivity contribution in [2.24, 2.45) is 0 Å². The number of carbonyl (C=O) groups excluding carboxylic acids is 1. The van der Waals surface area contributed by atoms with E-state index < -0.39 is 0 Å². The summed E-state index contributed by atoms with van der Waals surface area (Å²) in [5, 5.41) is 0. The Morgan fingerprint density at radius 3 is 2.39 bits per heavy atom. The maximum Gasteiger partial charge on any atom is 0.316 e. The zero-order valence-corrected chi connectivity index (χ0v) is 18.5. The van der Waals surface area contributed by atoms with Gasteiger partial charge in [-0.25, -0.2) is 9.97 Å². The lowest BCUT2D eigenvalue weighted by molar-refractivity contribution is -0.128. The predicted molar refractivity (Wildman–Crippen MR) is 117 cm³/mol. The number of hydrogen-bond donors (Lipinski definition) is 0. The third-order valence-electron chi connectivity index (χ3n) is 5.16. The third kappa shape index (κ3) is 5.65. The Morgan fingerprint density at radius 1 is 1.13 bits per heavy atom. The van der Waals surface area contributed by atoms with Gasteiger partial charge in [0, 0.05) is 25.0 Å². The summed E-state index contributed by atoms with van der Waals surface area (Å²) in [6, 6.07) is 3.94. The van der Waals surface area contributed by atoms with E-state index in [1.165, 1.54) is 0 Å². The summed E-state index contributed by atoms with van der Waals surface area (Å²) in [5.41, 5.74) is 1.84. The molecular formula is C23H29N3O5. The minimum atomic E-state index is -0.125. The number of benzene rings is 1. The van der Waals surface area contributed by atoms with Crippen molar-refractivity contribution in [3.8, 4) is 23.3 Å². The number of likely N-dealkylation sites (tertiary alicyclic amines) is 1. The van der Waals surface area contributed by atoms with Crippen LogP contribution in [0, 0.1) is 0 Å². The van der Waals surface area contributed by atoms with Crippen LogP contribution in [0.15, 0.2) is 30.6 Å². The second kappa shape index (κ2) is 10.7. The summed E-state index contributed by atoms with van der Waals surface area (Å²) in [6.07, 6.45) is 9.31. The van der Waals surface area contributed by atoms with Crippen molar-refractivity contribution < 1.29 is 23.7 Å². The van der Waals surface area contributed by atoms with E-state index in [2.05, 4.69) is 16.9 Å². The molecule has 0 aliphatic carbocycles. The number of nitrogens with zero attached hydrogens (tertiary/aromatic N) is 3. The van der Waals surface area contributed by atoms with Crippen molar-refractivity contribution in [1.82, 2.24) is 14.9 Å². The number of methoxy groups -OCH3 is 3. The van der Waals surface area contributed by atoms with Gasteiger partial charge in [-0.1, -0.05) is 6.92 Å². The van der Waals surface area contributed by atoms with Gasteiger partial charge in [-0.3, -0.25) is 4.79 Å². The van der Waals surface area contributed by atoms with Gasteiger partial charge >= 0.3 is 6.01 Å². The van der Waals surface area contributed by atoms with Gasteiger partial charge in [-0.2, -0.15) is 0 Å². The number of hydrogen-bond acceptors (Lipinski definition) is 7. The van der Waals surface area contributed by atoms with Gasteiger partial charge in [0.1, 0.15) is 6.10 Å². The summed E-state index contributed by atoms with van der Waals surface area (Å²) in [5.74, 6) is 1.51. The molecule has 0 radical (unpaired) electrons. The normalized spacial score (nSPS) is 16.3. The van der Waals surface area contributed by atoms with E-state index in [1.807, 2.05) is 0 Å². The van der Waals surface area contributed by atoms with Crippen LogP contribution >= 0.6 is 0 Å². The average molecular weight is 428 g/mol. The van der Waals surface area contributed by atoms with Crippen molar-refractivity contribution in [2.45, 2.75) is 32.3 Å². The van der Waals surface area contributed by atoms with Crippen molar-refractivity contribution in [2.75, 3.05) is 34.4 Å². The highest BCUT2D eigenvalue weighted by Crippen LogP contribution is 2.38. The Kier molecular flexibility index (Phi) is 7.70. The highest BCUT2D eigenvalue weighted by atomic mass is 16.5. The molecular weight excluding hydrogens is 398 g/mol. The van der Waals surface area contributed by atoms with Gasteiger partial charge in [0.05, 0.1) is 27.9 Å². The molecule has 8 heteroatoms. The number of amides is 1. The van der Waals surface area contributed by atoms with Crippen molar-refractivity contribution >= 4 is 12.0 Å². The predicted octanol–water partition coefficient (Wildman–Crippen LogP) is 3.15. The van der Waals surface area contributed by atoms with Crippen LogP contribution in [-0.4, -0.2) is 61.3 Å². The maximum atomic E-state index is 12.8. The third-order valence-corrected chi connectivity index (χ3v) is 5.16. The zero-order valence-electron chi connectivity index (χ0n) is 18.5. The number of rotatable bonds is 8. The average Bonchev–Trinajstić information content (AvgIpc) is 2.82. The SMILES string of the molecule is CCc1cnc(OC2CCCN(C(=O)/C=C/c3cc(OC)c(OC)c(OC)c3)C2)nc1. The molecule has 1 aromatic carbocycles. The molecule has 1 aliphatic rings. The molecule has 1 atom stereocenters. The summed E-state index contributed by atoms with van der Waals surface area (Å²) >= 11 is 0. The summed E-state index contributed by atoms with van der Waals surface area (Å²) in [4.78, 5) is 23.0. The highest BCUT2D eigenvalue weighted by molar-refractivity contribution is 5.92. The lowest BCUT2D eigenvalue weighted by Crippen LogP contribution is -2.43. The Hall–Kier alpha value is -3.29. The largest absolute Gasteiger partial charge is 0.493 e. The van der Waals surface area contributed by atoms with E-state index in [4.69, 9.17) is 18.9 Å². The first-order valence-electron chi connectivity index (χ1n) is 10.3. The molecule has 166 valence electrons. The van der Waals surface area contributed by atoms with Gasteiger partial charge in [0.25, 0.3) is 0 Å². The van der Waals surface area contributed by atoms with E-state index in [-0.39, 0.29) is 12.0 Å². The van der Waals surface area contributed by atoms with Crippen molar-refractivity contribution in [1.29, 1.82) is 0 Å². The number of aromatic nitrogens is 2. The number of ether oxygens (including phenoxy) is 4. The topological polar surface area (TPSA) is 83.0 Å². The second-order valence-electron chi connectivity index (χ2n) is 7.19. The first kappa shape index (κ1) is 22.4. The van der Waals surface area contributed by atoms with Crippen LogP contribution in [0.1, 0.15) is 30.9 Å². The quantitative estimate of drug-likeness (QED) is 0.599. The molecule has 1 unspecified atom stereocenters. The Balaban J connectivity index is 1.65. The maximum absolute atomic E-state index is 12.8. The first-order chi connectivity index (χ1) is 15.1. The van der Waals surface area contributed by atoms with E-state index in [0.29, 0.717) is 36.3 Å².